The van der Waals surface area contributed by atoms with E-state index in [2.05, 4.69) is 5.32 Å². The number of hydrogen-bond acceptors (Lipinski definition) is 3. The van der Waals surface area contributed by atoms with Gasteiger partial charge in [0.25, 0.3) is 0 Å². The Morgan fingerprint density at radius 2 is 1.56 bits per heavy atom. The zero-order valence-corrected chi connectivity index (χ0v) is 15.0. The normalized spacial score (nSPS) is 15.4. The summed E-state index contributed by atoms with van der Waals surface area (Å²) in [6.07, 6.45) is 2.66. The van der Waals surface area contributed by atoms with Crippen molar-refractivity contribution < 1.29 is 12.8 Å². The Morgan fingerprint density at radius 1 is 0.920 bits per heavy atom. The summed E-state index contributed by atoms with van der Waals surface area (Å²) in [7, 11) is -1.95. The lowest BCUT2D eigenvalue weighted by Gasteiger charge is -2.22. The third-order valence-corrected chi connectivity index (χ3v) is 6.03. The van der Waals surface area contributed by atoms with Crippen LogP contribution in [-0.2, 0) is 10.2 Å². The van der Waals surface area contributed by atoms with Crippen molar-refractivity contribution in [3.05, 3.63) is 54.3 Å². The summed E-state index contributed by atoms with van der Waals surface area (Å²) in [5.74, 6) is -0.559. The van der Waals surface area contributed by atoms with Crippen LogP contribution in [0, 0.1) is 5.82 Å². The second-order valence-electron chi connectivity index (χ2n) is 5.95. The smallest absolute Gasteiger partial charge is 0.320 e. The Bertz CT molecular complexity index is 842. The van der Waals surface area contributed by atoms with Gasteiger partial charge in [-0.05, 0) is 50.7 Å². The van der Waals surface area contributed by atoms with Crippen LogP contribution < -0.4 is 13.9 Å². The minimum Gasteiger partial charge on any atom is -0.320 e. The molecule has 134 valence electrons. The van der Waals surface area contributed by atoms with Crippen molar-refractivity contribution in [2.45, 2.75) is 19.3 Å². The Kier molecular flexibility index (Phi) is 5.24. The molecule has 0 amide bonds. The van der Waals surface area contributed by atoms with Gasteiger partial charge in [0.15, 0.2) is 0 Å². The van der Waals surface area contributed by atoms with Crippen molar-refractivity contribution in [3.63, 3.8) is 0 Å². The van der Waals surface area contributed by atoms with E-state index >= 15 is 0 Å². The van der Waals surface area contributed by atoms with Gasteiger partial charge in [0.1, 0.15) is 5.82 Å². The quantitative estimate of drug-likeness (QED) is 0.767. The van der Waals surface area contributed by atoms with Gasteiger partial charge in [-0.1, -0.05) is 30.7 Å². The SMILES string of the molecule is CNCCCCCN1c2ccccc2N(c2ccccc2F)S1(=O)=O. The van der Waals surface area contributed by atoms with E-state index in [1.54, 1.807) is 36.4 Å². The minimum atomic E-state index is -3.84. The summed E-state index contributed by atoms with van der Waals surface area (Å²) in [5, 5.41) is 3.08. The second-order valence-corrected chi connectivity index (χ2v) is 7.65. The number of para-hydroxylation sites is 3. The highest BCUT2D eigenvalue weighted by Gasteiger charge is 2.41. The zero-order chi connectivity index (χ0) is 17.9. The summed E-state index contributed by atoms with van der Waals surface area (Å²) >= 11 is 0. The van der Waals surface area contributed by atoms with Gasteiger partial charge >= 0.3 is 10.2 Å². The van der Waals surface area contributed by atoms with E-state index < -0.39 is 16.0 Å². The standard InChI is InChI=1S/C18H22FN3O2S/c1-20-13-7-2-8-14-21-17-11-5-6-12-18(17)22(25(21,23)24)16-10-4-3-9-15(16)19/h3-6,9-12,20H,2,7-8,13-14H2,1H3. The predicted octanol–water partition coefficient (Wildman–Crippen LogP) is 3.42. The highest BCUT2D eigenvalue weighted by atomic mass is 32.2. The molecule has 1 N–H and O–H groups in total. The molecule has 0 bridgehead atoms. The molecule has 2 aromatic carbocycles. The molecule has 25 heavy (non-hydrogen) atoms. The number of halogens is 1. The Hall–Kier alpha value is -2.12. The summed E-state index contributed by atoms with van der Waals surface area (Å²) in [6.45, 7) is 1.29. The molecule has 1 aliphatic heterocycles. The average molecular weight is 363 g/mol. The molecule has 0 aliphatic carbocycles. The number of unbranched alkanes of at least 4 members (excludes halogenated alkanes) is 2. The van der Waals surface area contributed by atoms with Gasteiger partial charge in [-0.15, -0.1) is 0 Å². The Labute approximate surface area is 148 Å². The number of fused-ring (bicyclic) bond motifs is 1. The number of anilines is 3. The molecule has 0 unspecified atom stereocenters. The van der Waals surface area contributed by atoms with E-state index in [0.717, 1.165) is 30.1 Å². The van der Waals surface area contributed by atoms with Crippen LogP contribution in [0.4, 0.5) is 21.5 Å². The third kappa shape index (κ3) is 3.34. The summed E-state index contributed by atoms with van der Waals surface area (Å²) in [5.41, 5.74) is 1.13. The van der Waals surface area contributed by atoms with Gasteiger partial charge in [0.05, 0.1) is 17.1 Å². The molecular weight excluding hydrogens is 341 g/mol. The van der Waals surface area contributed by atoms with Crippen LogP contribution in [0.15, 0.2) is 48.5 Å². The lowest BCUT2D eigenvalue weighted by molar-refractivity contribution is 0.585. The number of rotatable bonds is 7. The first kappa shape index (κ1) is 17.7. The third-order valence-electron chi connectivity index (χ3n) is 4.24. The molecule has 0 aromatic heterocycles. The fourth-order valence-corrected chi connectivity index (χ4v) is 4.79. The van der Waals surface area contributed by atoms with Crippen LogP contribution in [0.2, 0.25) is 0 Å². The van der Waals surface area contributed by atoms with Crippen LogP contribution >= 0.6 is 0 Å². The van der Waals surface area contributed by atoms with E-state index in [1.165, 1.54) is 16.4 Å². The van der Waals surface area contributed by atoms with E-state index in [4.69, 9.17) is 0 Å². The van der Waals surface area contributed by atoms with Crippen LogP contribution in [0.1, 0.15) is 19.3 Å². The zero-order valence-electron chi connectivity index (χ0n) is 14.2. The maximum Gasteiger partial charge on any atom is 0.331 e. The average Bonchev–Trinajstić information content (AvgIpc) is 2.82. The van der Waals surface area contributed by atoms with Crippen molar-refractivity contribution in [2.24, 2.45) is 0 Å². The van der Waals surface area contributed by atoms with Gasteiger partial charge < -0.3 is 5.32 Å². The summed E-state index contributed by atoms with van der Waals surface area (Å²) < 4.78 is 42.9. The molecule has 5 nitrogen and oxygen atoms in total. The number of nitrogens with one attached hydrogen (secondary N) is 1. The van der Waals surface area contributed by atoms with Gasteiger partial charge in [0, 0.05) is 6.54 Å². The van der Waals surface area contributed by atoms with Crippen molar-refractivity contribution >= 4 is 27.3 Å². The number of hydrogen-bond donors (Lipinski definition) is 1. The van der Waals surface area contributed by atoms with Crippen molar-refractivity contribution in [1.29, 1.82) is 0 Å². The topological polar surface area (TPSA) is 52.6 Å². The molecule has 1 aliphatic rings. The van der Waals surface area contributed by atoms with Gasteiger partial charge in [-0.3, -0.25) is 4.31 Å². The lowest BCUT2D eigenvalue weighted by Crippen LogP contribution is -2.36. The first-order valence-electron chi connectivity index (χ1n) is 8.38. The maximum absolute atomic E-state index is 14.3. The van der Waals surface area contributed by atoms with Crippen LogP contribution in [0.3, 0.4) is 0 Å². The second kappa shape index (κ2) is 7.41. The van der Waals surface area contributed by atoms with Crippen molar-refractivity contribution in [3.8, 4) is 0 Å². The molecule has 1 heterocycles. The highest BCUT2D eigenvalue weighted by Crippen LogP contribution is 2.45. The molecule has 0 atom stereocenters. The van der Waals surface area contributed by atoms with Crippen LogP contribution in [0.5, 0.6) is 0 Å². The van der Waals surface area contributed by atoms with E-state index in [9.17, 15) is 12.8 Å². The fourth-order valence-electron chi connectivity index (χ4n) is 3.03. The molecule has 0 fully saturated rings. The van der Waals surface area contributed by atoms with Crippen molar-refractivity contribution in [1.82, 2.24) is 5.32 Å². The first-order valence-corrected chi connectivity index (χ1v) is 9.78. The first-order chi connectivity index (χ1) is 12.1. The predicted molar refractivity (Wildman–Crippen MR) is 99.0 cm³/mol. The van der Waals surface area contributed by atoms with Gasteiger partial charge in [0.2, 0.25) is 0 Å². The molecule has 2 aromatic rings. The molecule has 0 spiro atoms. The maximum atomic E-state index is 14.3. The van der Waals surface area contributed by atoms with E-state index in [-0.39, 0.29) is 5.69 Å². The molecule has 0 saturated heterocycles. The van der Waals surface area contributed by atoms with Crippen molar-refractivity contribution in [2.75, 3.05) is 28.7 Å². The molecule has 0 saturated carbocycles. The molecule has 0 radical (unpaired) electrons. The highest BCUT2D eigenvalue weighted by molar-refractivity contribution is 7.95. The minimum absolute atomic E-state index is 0.0487. The Balaban J connectivity index is 1.93. The van der Waals surface area contributed by atoms with E-state index in [1.807, 2.05) is 7.05 Å². The fraction of sp³-hybridized carbons (Fsp3) is 0.333. The van der Waals surface area contributed by atoms with Gasteiger partial charge in [-0.25, -0.2) is 8.70 Å². The largest absolute Gasteiger partial charge is 0.331 e. The van der Waals surface area contributed by atoms with Crippen LogP contribution in [-0.4, -0.2) is 28.6 Å². The van der Waals surface area contributed by atoms with E-state index in [0.29, 0.717) is 17.9 Å². The number of nitrogens with zero attached hydrogens (tertiary/aromatic N) is 2. The van der Waals surface area contributed by atoms with Gasteiger partial charge in [-0.2, -0.15) is 8.42 Å². The Morgan fingerprint density at radius 3 is 2.24 bits per heavy atom. The molecular formula is C18H22FN3O2S. The lowest BCUT2D eigenvalue weighted by atomic mass is 10.2. The summed E-state index contributed by atoms with van der Waals surface area (Å²) in [6, 6.07) is 13.0. The molecule has 3 rings (SSSR count). The van der Waals surface area contributed by atoms with Crippen LogP contribution in [0.25, 0.3) is 0 Å². The molecule has 7 heteroatoms. The summed E-state index contributed by atoms with van der Waals surface area (Å²) in [4.78, 5) is 0. The monoisotopic (exact) mass is 363 g/mol. The number of benzene rings is 2.